The van der Waals surface area contributed by atoms with Crippen molar-refractivity contribution >= 4 is 28.3 Å². The van der Waals surface area contributed by atoms with Crippen LogP contribution in [0.1, 0.15) is 26.5 Å². The van der Waals surface area contributed by atoms with Crippen LogP contribution in [0.5, 0.6) is 0 Å². The number of nitrogens with zero attached hydrogens (tertiary/aromatic N) is 2. The fourth-order valence-electron chi connectivity index (χ4n) is 0.948. The van der Waals surface area contributed by atoms with Crippen molar-refractivity contribution < 1.29 is 5.11 Å². The Kier molecular flexibility index (Phi) is 5.35. The quantitative estimate of drug-likeness (QED) is 0.805. The van der Waals surface area contributed by atoms with Gasteiger partial charge < -0.3 is 10.4 Å². The molecule has 0 aliphatic heterocycles. The first-order valence-corrected chi connectivity index (χ1v) is 6.82. The molecule has 6 heteroatoms. The molecule has 0 bridgehead atoms. The van der Waals surface area contributed by atoms with Crippen LogP contribution in [0.4, 0.5) is 5.00 Å². The SMILES string of the molecule is CCNc1snnc1CSC(C)C(C)O. The van der Waals surface area contributed by atoms with Gasteiger partial charge >= 0.3 is 0 Å². The predicted octanol–water partition coefficient (Wildman–Crippen LogP) is 1.97. The second-order valence-corrected chi connectivity index (χ2v) is 5.46. The van der Waals surface area contributed by atoms with Crippen molar-refractivity contribution in [3.05, 3.63) is 5.69 Å². The molecule has 0 aliphatic carbocycles. The van der Waals surface area contributed by atoms with E-state index in [1.165, 1.54) is 11.5 Å². The third-order valence-electron chi connectivity index (χ3n) is 2.06. The highest BCUT2D eigenvalue weighted by atomic mass is 32.2. The second kappa shape index (κ2) is 6.30. The van der Waals surface area contributed by atoms with E-state index < -0.39 is 0 Å². The van der Waals surface area contributed by atoms with Crippen LogP contribution in [0, 0.1) is 0 Å². The average molecular weight is 247 g/mol. The van der Waals surface area contributed by atoms with Crippen molar-refractivity contribution in [3.63, 3.8) is 0 Å². The first kappa shape index (κ1) is 12.7. The number of thioether (sulfide) groups is 1. The number of anilines is 1. The van der Waals surface area contributed by atoms with Crippen LogP contribution in [0.25, 0.3) is 0 Å². The van der Waals surface area contributed by atoms with Crippen molar-refractivity contribution in [2.75, 3.05) is 11.9 Å². The molecule has 0 spiro atoms. The van der Waals surface area contributed by atoms with Gasteiger partial charge in [-0.25, -0.2) is 0 Å². The van der Waals surface area contributed by atoms with Crippen LogP contribution in [0.3, 0.4) is 0 Å². The van der Waals surface area contributed by atoms with Gasteiger partial charge in [-0.3, -0.25) is 0 Å². The largest absolute Gasteiger partial charge is 0.392 e. The van der Waals surface area contributed by atoms with Gasteiger partial charge in [0.25, 0.3) is 0 Å². The highest BCUT2D eigenvalue weighted by Gasteiger charge is 2.12. The third-order valence-corrected chi connectivity index (χ3v) is 4.14. The lowest BCUT2D eigenvalue weighted by Gasteiger charge is -2.13. The molecule has 4 nitrogen and oxygen atoms in total. The van der Waals surface area contributed by atoms with E-state index in [0.29, 0.717) is 0 Å². The van der Waals surface area contributed by atoms with Crippen molar-refractivity contribution in [2.45, 2.75) is 37.9 Å². The van der Waals surface area contributed by atoms with Gasteiger partial charge in [-0.1, -0.05) is 11.4 Å². The maximum atomic E-state index is 9.35. The molecule has 2 N–H and O–H groups in total. The average Bonchev–Trinajstić information content (AvgIpc) is 2.62. The van der Waals surface area contributed by atoms with E-state index in [2.05, 4.69) is 21.8 Å². The molecule has 0 radical (unpaired) electrons. The number of aliphatic hydroxyl groups excluding tert-OH is 1. The van der Waals surface area contributed by atoms with E-state index in [-0.39, 0.29) is 11.4 Å². The number of hydrogen-bond acceptors (Lipinski definition) is 6. The molecule has 0 aliphatic rings. The minimum absolute atomic E-state index is 0.223. The molecule has 86 valence electrons. The van der Waals surface area contributed by atoms with E-state index in [0.717, 1.165) is 23.0 Å². The summed E-state index contributed by atoms with van der Waals surface area (Å²) < 4.78 is 3.92. The molecule has 0 saturated heterocycles. The smallest absolute Gasteiger partial charge is 0.134 e. The monoisotopic (exact) mass is 247 g/mol. The summed E-state index contributed by atoms with van der Waals surface area (Å²) in [5.74, 6) is 0.797. The summed E-state index contributed by atoms with van der Waals surface area (Å²) in [5, 5.41) is 17.9. The zero-order valence-electron chi connectivity index (χ0n) is 9.23. The van der Waals surface area contributed by atoms with E-state index >= 15 is 0 Å². The zero-order valence-corrected chi connectivity index (χ0v) is 10.9. The summed E-state index contributed by atoms with van der Waals surface area (Å²) in [6.07, 6.45) is -0.288. The number of nitrogens with one attached hydrogen (secondary N) is 1. The van der Waals surface area contributed by atoms with Crippen LogP contribution in [0.2, 0.25) is 0 Å². The molecule has 1 heterocycles. The number of aromatic nitrogens is 2. The van der Waals surface area contributed by atoms with Gasteiger partial charge in [0.2, 0.25) is 0 Å². The van der Waals surface area contributed by atoms with E-state index in [1.807, 2.05) is 13.8 Å². The van der Waals surface area contributed by atoms with Crippen molar-refractivity contribution in [2.24, 2.45) is 0 Å². The molecule has 1 aromatic heterocycles. The molecular weight excluding hydrogens is 230 g/mol. The topological polar surface area (TPSA) is 58.0 Å². The van der Waals surface area contributed by atoms with Crippen molar-refractivity contribution in [3.8, 4) is 0 Å². The lowest BCUT2D eigenvalue weighted by Crippen LogP contribution is -2.15. The van der Waals surface area contributed by atoms with Gasteiger partial charge in [0, 0.05) is 29.1 Å². The van der Waals surface area contributed by atoms with Crippen LogP contribution in [0.15, 0.2) is 0 Å². The first-order chi connectivity index (χ1) is 7.15. The Bertz CT molecular complexity index is 291. The Morgan fingerprint density at radius 2 is 2.27 bits per heavy atom. The maximum Gasteiger partial charge on any atom is 0.134 e. The van der Waals surface area contributed by atoms with Crippen LogP contribution < -0.4 is 5.32 Å². The lowest BCUT2D eigenvalue weighted by atomic mass is 10.3. The third kappa shape index (κ3) is 3.96. The minimum atomic E-state index is -0.288. The molecule has 0 fully saturated rings. The maximum absolute atomic E-state index is 9.35. The minimum Gasteiger partial charge on any atom is -0.392 e. The normalized spacial score (nSPS) is 14.9. The van der Waals surface area contributed by atoms with Crippen LogP contribution in [-0.4, -0.2) is 32.6 Å². The van der Waals surface area contributed by atoms with Crippen LogP contribution in [-0.2, 0) is 5.75 Å². The van der Waals surface area contributed by atoms with E-state index in [9.17, 15) is 5.11 Å². The van der Waals surface area contributed by atoms with Crippen molar-refractivity contribution in [1.29, 1.82) is 0 Å². The molecule has 0 saturated carbocycles. The Balaban J connectivity index is 2.46. The standard InChI is InChI=1S/C9H17N3OS2/c1-4-10-9-8(11-12-15-9)5-14-7(3)6(2)13/h6-7,10,13H,4-5H2,1-3H3. The van der Waals surface area contributed by atoms with Crippen LogP contribution >= 0.6 is 23.3 Å². The van der Waals surface area contributed by atoms with Gasteiger partial charge in [-0.15, -0.1) is 16.9 Å². The molecule has 1 aromatic rings. The molecule has 1 rings (SSSR count). The molecule has 15 heavy (non-hydrogen) atoms. The van der Waals surface area contributed by atoms with Gasteiger partial charge in [0.1, 0.15) is 10.7 Å². The van der Waals surface area contributed by atoms with E-state index in [1.54, 1.807) is 11.8 Å². The molecule has 2 atom stereocenters. The molecule has 2 unspecified atom stereocenters. The zero-order chi connectivity index (χ0) is 11.3. The Labute approximate surface area is 98.6 Å². The fourth-order valence-corrected chi connectivity index (χ4v) is 2.59. The summed E-state index contributed by atoms with van der Waals surface area (Å²) in [4.78, 5) is 0. The predicted molar refractivity (Wildman–Crippen MR) is 66.5 cm³/mol. The van der Waals surface area contributed by atoms with Gasteiger partial charge in [0.05, 0.1) is 6.10 Å². The number of hydrogen-bond donors (Lipinski definition) is 2. The van der Waals surface area contributed by atoms with Gasteiger partial charge in [0.15, 0.2) is 0 Å². The molecule has 0 amide bonds. The Morgan fingerprint density at radius 1 is 1.53 bits per heavy atom. The number of rotatable bonds is 6. The summed E-state index contributed by atoms with van der Waals surface area (Å²) in [6, 6.07) is 0. The summed E-state index contributed by atoms with van der Waals surface area (Å²) >= 11 is 3.08. The van der Waals surface area contributed by atoms with Gasteiger partial charge in [-0.05, 0) is 13.8 Å². The molecule has 0 aromatic carbocycles. The summed E-state index contributed by atoms with van der Waals surface area (Å²) in [7, 11) is 0. The van der Waals surface area contributed by atoms with E-state index in [4.69, 9.17) is 0 Å². The highest BCUT2D eigenvalue weighted by molar-refractivity contribution is 7.99. The Morgan fingerprint density at radius 3 is 2.87 bits per heavy atom. The van der Waals surface area contributed by atoms with Crippen molar-refractivity contribution in [1.82, 2.24) is 9.59 Å². The van der Waals surface area contributed by atoms with Gasteiger partial charge in [-0.2, -0.15) is 0 Å². The fraction of sp³-hybridized carbons (Fsp3) is 0.778. The molecular formula is C9H17N3OS2. The first-order valence-electron chi connectivity index (χ1n) is 5.00. The number of aliphatic hydroxyl groups is 1. The Hall–Kier alpha value is -0.330. The highest BCUT2D eigenvalue weighted by Crippen LogP contribution is 2.25. The summed E-state index contributed by atoms with van der Waals surface area (Å²) in [5.41, 5.74) is 0.986. The summed E-state index contributed by atoms with van der Waals surface area (Å²) in [6.45, 7) is 6.76. The lowest BCUT2D eigenvalue weighted by molar-refractivity contribution is 0.196. The second-order valence-electron chi connectivity index (χ2n) is 3.34.